The summed E-state index contributed by atoms with van der Waals surface area (Å²) in [5.74, 6) is 1.81. The van der Waals surface area contributed by atoms with Crippen molar-refractivity contribution in [1.29, 1.82) is 0 Å². The van der Waals surface area contributed by atoms with Crippen LogP contribution in [-0.2, 0) is 4.74 Å². The van der Waals surface area contributed by atoms with Crippen LogP contribution in [0, 0.1) is 5.92 Å². The molecule has 1 aromatic heterocycles. The molecule has 7 nitrogen and oxygen atoms in total. The van der Waals surface area contributed by atoms with Crippen LogP contribution in [0.15, 0.2) is 24.3 Å². The number of hydrogen-bond acceptors (Lipinski definition) is 6. The third-order valence-electron chi connectivity index (χ3n) is 7.47. The van der Waals surface area contributed by atoms with Crippen LogP contribution in [-0.4, -0.2) is 66.9 Å². The fraction of sp³-hybridized carbons (Fsp3) is 0.677. The number of rotatable bonds is 11. The highest BCUT2D eigenvalue weighted by molar-refractivity contribution is 5.98. The molecule has 1 saturated carbocycles. The second-order valence-corrected chi connectivity index (χ2v) is 11.5. The molecule has 2 aliphatic rings. The fourth-order valence-electron chi connectivity index (χ4n) is 5.61. The van der Waals surface area contributed by atoms with Crippen molar-refractivity contribution in [2.24, 2.45) is 5.92 Å². The molecule has 0 radical (unpaired) electrons. The van der Waals surface area contributed by atoms with Gasteiger partial charge >= 0.3 is 0 Å². The van der Waals surface area contributed by atoms with Crippen LogP contribution in [0.2, 0.25) is 0 Å². The summed E-state index contributed by atoms with van der Waals surface area (Å²) < 4.78 is 18.5. The second kappa shape index (κ2) is 14.1. The number of carbonyl (C=O) groups is 1. The van der Waals surface area contributed by atoms with Gasteiger partial charge in [0.15, 0.2) is 0 Å². The lowest BCUT2D eigenvalue weighted by Crippen LogP contribution is -2.51. The molecule has 210 valence electrons. The molecule has 2 aromatic rings. The standard InChI is InChI=1S/C31H47N3O4/c1-22(2)21-36-17-18-37-29-19-27(31(35)34(23(3)4)24-11-10-16-32-20-24)33-30-26(29)14-9-15-28(30)38-25-12-7-5-6-8-13-25/h9,14-15,19,22-25,32H,5-8,10-13,16-18,20-21H2,1-4H3/t24-/m1/s1. The Morgan fingerprint density at radius 3 is 2.50 bits per heavy atom. The van der Waals surface area contributed by atoms with Gasteiger partial charge in [-0.25, -0.2) is 4.98 Å². The monoisotopic (exact) mass is 525 g/mol. The Morgan fingerprint density at radius 1 is 1.03 bits per heavy atom. The van der Waals surface area contributed by atoms with Crippen LogP contribution in [0.4, 0.5) is 0 Å². The van der Waals surface area contributed by atoms with Crippen molar-refractivity contribution >= 4 is 16.8 Å². The summed E-state index contributed by atoms with van der Waals surface area (Å²) in [6, 6.07) is 8.01. The molecule has 1 aromatic carbocycles. The predicted molar refractivity (Wildman–Crippen MR) is 152 cm³/mol. The summed E-state index contributed by atoms with van der Waals surface area (Å²) in [6.07, 6.45) is 9.27. The Morgan fingerprint density at radius 2 is 1.82 bits per heavy atom. The van der Waals surface area contributed by atoms with Gasteiger partial charge in [0, 0.05) is 36.7 Å². The van der Waals surface area contributed by atoms with Gasteiger partial charge in [-0.15, -0.1) is 0 Å². The highest BCUT2D eigenvalue weighted by Crippen LogP contribution is 2.34. The van der Waals surface area contributed by atoms with Gasteiger partial charge in [-0.2, -0.15) is 0 Å². The Hall–Kier alpha value is -2.38. The molecule has 4 rings (SSSR count). The van der Waals surface area contributed by atoms with Crippen LogP contribution < -0.4 is 14.8 Å². The van der Waals surface area contributed by atoms with Gasteiger partial charge < -0.3 is 24.4 Å². The van der Waals surface area contributed by atoms with E-state index in [2.05, 4.69) is 33.0 Å². The molecule has 1 atom stereocenters. The SMILES string of the molecule is CC(C)COCCOc1cc(C(=O)N(C(C)C)[C@@H]2CCCNC2)nc2c(OC3CCCCCC3)cccc12. The molecule has 1 amide bonds. The molecule has 1 aliphatic carbocycles. The summed E-state index contributed by atoms with van der Waals surface area (Å²) in [7, 11) is 0. The Bertz CT molecular complexity index is 1030. The average molecular weight is 526 g/mol. The van der Waals surface area contributed by atoms with Crippen molar-refractivity contribution in [3.63, 3.8) is 0 Å². The minimum absolute atomic E-state index is 0.0548. The normalized spacial score (nSPS) is 19.1. The largest absolute Gasteiger partial charge is 0.490 e. The van der Waals surface area contributed by atoms with Gasteiger partial charge in [0.1, 0.15) is 29.3 Å². The first-order chi connectivity index (χ1) is 18.4. The maximum atomic E-state index is 14.0. The van der Waals surface area contributed by atoms with Gasteiger partial charge in [0.05, 0.1) is 12.7 Å². The van der Waals surface area contributed by atoms with E-state index in [0.717, 1.165) is 49.9 Å². The summed E-state index contributed by atoms with van der Waals surface area (Å²) in [6.45, 7) is 11.8. The number of para-hydroxylation sites is 1. The van der Waals surface area contributed by atoms with E-state index in [1.165, 1.54) is 25.7 Å². The number of piperidine rings is 1. The van der Waals surface area contributed by atoms with E-state index in [0.29, 0.717) is 42.7 Å². The van der Waals surface area contributed by atoms with E-state index in [4.69, 9.17) is 19.2 Å². The van der Waals surface area contributed by atoms with Crippen LogP contribution in [0.1, 0.15) is 89.5 Å². The summed E-state index contributed by atoms with van der Waals surface area (Å²) >= 11 is 0. The lowest BCUT2D eigenvalue weighted by Gasteiger charge is -2.37. The van der Waals surface area contributed by atoms with Crippen molar-refractivity contribution < 1.29 is 19.0 Å². The van der Waals surface area contributed by atoms with Crippen LogP contribution in [0.5, 0.6) is 11.5 Å². The highest BCUT2D eigenvalue weighted by Gasteiger charge is 2.30. The maximum Gasteiger partial charge on any atom is 0.273 e. The van der Waals surface area contributed by atoms with Crippen molar-refractivity contribution in [3.05, 3.63) is 30.0 Å². The Labute approximate surface area is 228 Å². The third kappa shape index (κ3) is 7.60. The van der Waals surface area contributed by atoms with E-state index in [1.54, 1.807) is 0 Å². The Kier molecular flexibility index (Phi) is 10.6. The van der Waals surface area contributed by atoms with E-state index < -0.39 is 0 Å². The molecular formula is C31H47N3O4. The van der Waals surface area contributed by atoms with Gasteiger partial charge in [0.25, 0.3) is 5.91 Å². The van der Waals surface area contributed by atoms with Crippen LogP contribution in [0.3, 0.4) is 0 Å². The lowest BCUT2D eigenvalue weighted by atomic mass is 10.0. The molecule has 0 unspecified atom stereocenters. The molecule has 1 aliphatic heterocycles. The summed E-state index contributed by atoms with van der Waals surface area (Å²) in [5.41, 5.74) is 1.11. The molecule has 2 fully saturated rings. The van der Waals surface area contributed by atoms with Gasteiger partial charge in [-0.3, -0.25) is 4.79 Å². The summed E-state index contributed by atoms with van der Waals surface area (Å²) in [4.78, 5) is 20.9. The second-order valence-electron chi connectivity index (χ2n) is 11.5. The third-order valence-corrected chi connectivity index (χ3v) is 7.47. The van der Waals surface area contributed by atoms with Gasteiger partial charge in [-0.05, 0) is 77.0 Å². The first kappa shape index (κ1) is 28.6. The number of hydrogen-bond donors (Lipinski definition) is 1. The van der Waals surface area contributed by atoms with Crippen molar-refractivity contribution in [1.82, 2.24) is 15.2 Å². The predicted octanol–water partition coefficient (Wildman–Crippen LogP) is 5.99. The zero-order valence-electron chi connectivity index (χ0n) is 23.8. The van der Waals surface area contributed by atoms with Crippen molar-refractivity contribution in [2.45, 2.75) is 97.2 Å². The van der Waals surface area contributed by atoms with E-state index >= 15 is 0 Å². The van der Waals surface area contributed by atoms with Crippen LogP contribution in [0.25, 0.3) is 10.9 Å². The van der Waals surface area contributed by atoms with E-state index in [9.17, 15) is 4.79 Å². The molecule has 2 heterocycles. The minimum atomic E-state index is -0.0548. The van der Waals surface area contributed by atoms with Crippen LogP contribution >= 0.6 is 0 Å². The molecule has 0 bridgehead atoms. The number of benzene rings is 1. The summed E-state index contributed by atoms with van der Waals surface area (Å²) in [5, 5.41) is 4.32. The lowest BCUT2D eigenvalue weighted by molar-refractivity contribution is 0.0567. The molecule has 1 N–H and O–H groups in total. The fourth-order valence-corrected chi connectivity index (χ4v) is 5.61. The number of ether oxygens (including phenoxy) is 3. The number of amides is 1. The maximum absolute atomic E-state index is 14.0. The molecule has 7 heteroatoms. The average Bonchev–Trinajstić information content (AvgIpc) is 3.17. The number of nitrogens with one attached hydrogen (secondary N) is 1. The van der Waals surface area contributed by atoms with Crippen molar-refractivity contribution in [2.75, 3.05) is 32.9 Å². The molecular weight excluding hydrogens is 478 g/mol. The van der Waals surface area contributed by atoms with Gasteiger partial charge in [-0.1, -0.05) is 32.8 Å². The number of aromatic nitrogens is 1. The number of pyridine rings is 1. The molecule has 1 saturated heterocycles. The first-order valence-corrected chi connectivity index (χ1v) is 14.8. The zero-order chi connectivity index (χ0) is 26.9. The highest BCUT2D eigenvalue weighted by atomic mass is 16.5. The zero-order valence-corrected chi connectivity index (χ0v) is 23.8. The van der Waals surface area contributed by atoms with Gasteiger partial charge in [0.2, 0.25) is 0 Å². The first-order valence-electron chi connectivity index (χ1n) is 14.8. The number of fused-ring (bicyclic) bond motifs is 1. The Balaban J connectivity index is 1.66. The molecule has 0 spiro atoms. The van der Waals surface area contributed by atoms with E-state index in [-0.39, 0.29) is 24.1 Å². The number of carbonyl (C=O) groups excluding carboxylic acids is 1. The smallest absolute Gasteiger partial charge is 0.273 e. The topological polar surface area (TPSA) is 72.9 Å². The molecule has 38 heavy (non-hydrogen) atoms. The number of nitrogens with zero attached hydrogens (tertiary/aromatic N) is 2. The minimum Gasteiger partial charge on any atom is -0.490 e. The van der Waals surface area contributed by atoms with E-state index in [1.807, 2.05) is 29.2 Å². The van der Waals surface area contributed by atoms with Crippen molar-refractivity contribution in [3.8, 4) is 11.5 Å². The quantitative estimate of drug-likeness (QED) is 0.287.